The first kappa shape index (κ1) is 14.9. The number of piperidine rings is 1. The monoisotopic (exact) mass is 293 g/mol. The summed E-state index contributed by atoms with van der Waals surface area (Å²) in [6, 6.07) is 6.94. The third-order valence-corrected chi connectivity index (χ3v) is 4.35. The van der Waals surface area contributed by atoms with Crippen molar-refractivity contribution >= 4 is 15.7 Å². The standard InChI is InChI=1S/C14H19N3O2S/c1-2-8-17-9-6-12(7-10-17)16-13-4-3-5-14(11-13)20(15,18)19/h1,3-5,11-12,16H,6-10H2,(H2,15,18,19). The molecular weight excluding hydrogens is 274 g/mol. The van der Waals surface area contributed by atoms with Crippen molar-refractivity contribution in [3.05, 3.63) is 24.3 Å². The fourth-order valence-corrected chi connectivity index (χ4v) is 2.92. The van der Waals surface area contributed by atoms with Crippen molar-refractivity contribution in [1.29, 1.82) is 0 Å². The number of anilines is 1. The topological polar surface area (TPSA) is 75.4 Å². The third kappa shape index (κ3) is 3.97. The summed E-state index contributed by atoms with van der Waals surface area (Å²) in [4.78, 5) is 2.37. The summed E-state index contributed by atoms with van der Waals surface area (Å²) in [5.41, 5.74) is 0.784. The van der Waals surface area contributed by atoms with Crippen molar-refractivity contribution < 1.29 is 8.42 Å². The van der Waals surface area contributed by atoms with Gasteiger partial charge in [0.1, 0.15) is 0 Å². The maximum atomic E-state index is 11.3. The van der Waals surface area contributed by atoms with Gasteiger partial charge in [-0.2, -0.15) is 0 Å². The van der Waals surface area contributed by atoms with E-state index >= 15 is 0 Å². The molecule has 0 spiro atoms. The van der Waals surface area contributed by atoms with E-state index in [-0.39, 0.29) is 4.90 Å². The van der Waals surface area contributed by atoms with Crippen LogP contribution in [-0.2, 0) is 10.0 Å². The molecule has 1 heterocycles. The molecule has 0 radical (unpaired) electrons. The lowest BCUT2D eigenvalue weighted by atomic mass is 10.0. The normalized spacial score (nSPS) is 17.6. The molecular formula is C14H19N3O2S. The minimum atomic E-state index is -3.65. The van der Waals surface area contributed by atoms with Gasteiger partial charge in [0.2, 0.25) is 10.0 Å². The van der Waals surface area contributed by atoms with Crippen LogP contribution < -0.4 is 10.5 Å². The Labute approximate surface area is 120 Å². The highest BCUT2D eigenvalue weighted by Crippen LogP contribution is 2.19. The number of primary sulfonamides is 1. The van der Waals surface area contributed by atoms with Gasteiger partial charge in [-0.3, -0.25) is 4.90 Å². The van der Waals surface area contributed by atoms with E-state index in [1.54, 1.807) is 12.1 Å². The SMILES string of the molecule is C#CCN1CCC(Nc2cccc(S(N)(=O)=O)c2)CC1. The minimum Gasteiger partial charge on any atom is -0.382 e. The summed E-state index contributed by atoms with van der Waals surface area (Å²) < 4.78 is 22.6. The van der Waals surface area contributed by atoms with Crippen molar-refractivity contribution in [2.45, 2.75) is 23.8 Å². The zero-order chi connectivity index (χ0) is 14.6. The van der Waals surface area contributed by atoms with Gasteiger partial charge < -0.3 is 5.32 Å². The molecule has 0 saturated carbocycles. The van der Waals surface area contributed by atoms with Crippen LogP contribution in [-0.4, -0.2) is 39.0 Å². The van der Waals surface area contributed by atoms with Crippen LogP contribution in [0.2, 0.25) is 0 Å². The maximum Gasteiger partial charge on any atom is 0.238 e. The van der Waals surface area contributed by atoms with E-state index < -0.39 is 10.0 Å². The van der Waals surface area contributed by atoms with Crippen molar-refractivity contribution in [2.75, 3.05) is 25.0 Å². The van der Waals surface area contributed by atoms with E-state index in [2.05, 4.69) is 16.1 Å². The summed E-state index contributed by atoms with van der Waals surface area (Å²) in [5, 5.41) is 8.49. The van der Waals surface area contributed by atoms with Crippen molar-refractivity contribution in [3.8, 4) is 12.3 Å². The van der Waals surface area contributed by atoms with E-state index in [1.165, 1.54) is 6.07 Å². The molecule has 1 aliphatic rings. The van der Waals surface area contributed by atoms with Crippen LogP contribution in [0.5, 0.6) is 0 Å². The summed E-state index contributed by atoms with van der Waals surface area (Å²) in [6.45, 7) is 2.60. The number of sulfonamides is 1. The summed E-state index contributed by atoms with van der Waals surface area (Å²) >= 11 is 0. The number of hydrogen-bond donors (Lipinski definition) is 2. The van der Waals surface area contributed by atoms with E-state index in [9.17, 15) is 8.42 Å². The molecule has 1 aromatic carbocycles. The van der Waals surface area contributed by atoms with Crippen molar-refractivity contribution in [1.82, 2.24) is 4.90 Å². The fraction of sp³-hybridized carbons (Fsp3) is 0.429. The Morgan fingerprint density at radius 3 is 2.70 bits per heavy atom. The van der Waals surface area contributed by atoms with Crippen LogP contribution in [0.4, 0.5) is 5.69 Å². The molecule has 20 heavy (non-hydrogen) atoms. The Kier molecular flexibility index (Phi) is 4.65. The second-order valence-electron chi connectivity index (χ2n) is 4.97. The number of nitrogens with zero attached hydrogens (tertiary/aromatic N) is 1. The molecule has 0 aliphatic carbocycles. The molecule has 1 aliphatic heterocycles. The van der Waals surface area contributed by atoms with Crippen LogP contribution in [0.25, 0.3) is 0 Å². The summed E-state index contributed by atoms with van der Waals surface area (Å²) in [6.07, 6.45) is 7.27. The minimum absolute atomic E-state index is 0.132. The lowest BCUT2D eigenvalue weighted by Gasteiger charge is -2.31. The second-order valence-corrected chi connectivity index (χ2v) is 6.53. The van der Waals surface area contributed by atoms with E-state index in [0.29, 0.717) is 12.6 Å². The van der Waals surface area contributed by atoms with Gasteiger partial charge in [0.05, 0.1) is 11.4 Å². The number of benzene rings is 1. The number of nitrogens with one attached hydrogen (secondary N) is 1. The molecule has 1 fully saturated rings. The average molecular weight is 293 g/mol. The van der Waals surface area contributed by atoms with Crippen LogP contribution in [0.1, 0.15) is 12.8 Å². The van der Waals surface area contributed by atoms with Crippen molar-refractivity contribution in [2.24, 2.45) is 5.14 Å². The van der Waals surface area contributed by atoms with E-state index in [4.69, 9.17) is 11.6 Å². The van der Waals surface area contributed by atoms with Gasteiger partial charge in [0.15, 0.2) is 0 Å². The van der Waals surface area contributed by atoms with Gasteiger partial charge in [-0.25, -0.2) is 13.6 Å². The highest BCUT2D eigenvalue weighted by molar-refractivity contribution is 7.89. The summed E-state index contributed by atoms with van der Waals surface area (Å²) in [5.74, 6) is 2.65. The van der Waals surface area contributed by atoms with Crippen molar-refractivity contribution in [3.63, 3.8) is 0 Å². The highest BCUT2D eigenvalue weighted by Gasteiger charge is 2.18. The van der Waals surface area contributed by atoms with Crippen LogP contribution in [0, 0.1) is 12.3 Å². The number of nitrogens with two attached hydrogens (primary N) is 1. The van der Waals surface area contributed by atoms with Gasteiger partial charge in [-0.05, 0) is 31.0 Å². The number of terminal acetylenes is 1. The molecule has 2 rings (SSSR count). The summed E-state index contributed by atoms with van der Waals surface area (Å²) in [7, 11) is -3.65. The molecule has 0 bridgehead atoms. The molecule has 1 saturated heterocycles. The molecule has 5 nitrogen and oxygen atoms in total. The Balaban J connectivity index is 1.97. The van der Waals surface area contributed by atoms with Gasteiger partial charge in [0, 0.05) is 24.8 Å². The second kappa shape index (κ2) is 6.27. The predicted molar refractivity (Wildman–Crippen MR) is 79.7 cm³/mol. The molecule has 108 valence electrons. The molecule has 6 heteroatoms. The van der Waals surface area contributed by atoms with Crippen LogP contribution >= 0.6 is 0 Å². The Hall–Kier alpha value is -1.55. The van der Waals surface area contributed by atoms with E-state index in [1.807, 2.05) is 6.07 Å². The number of likely N-dealkylation sites (tertiary alicyclic amines) is 1. The largest absolute Gasteiger partial charge is 0.382 e. The number of rotatable bonds is 4. The van der Waals surface area contributed by atoms with Gasteiger partial charge in [0.25, 0.3) is 0 Å². The third-order valence-electron chi connectivity index (χ3n) is 3.44. The lowest BCUT2D eigenvalue weighted by Crippen LogP contribution is -2.39. The quantitative estimate of drug-likeness (QED) is 0.807. The Morgan fingerprint density at radius 2 is 2.10 bits per heavy atom. The van der Waals surface area contributed by atoms with Crippen LogP contribution in [0.15, 0.2) is 29.2 Å². The van der Waals surface area contributed by atoms with Gasteiger partial charge in [-0.1, -0.05) is 12.0 Å². The first-order valence-corrected chi connectivity index (χ1v) is 8.09. The molecule has 0 unspecified atom stereocenters. The number of hydrogen-bond acceptors (Lipinski definition) is 4. The Bertz CT molecular complexity index is 599. The first-order valence-electron chi connectivity index (χ1n) is 6.54. The van der Waals surface area contributed by atoms with E-state index in [0.717, 1.165) is 31.6 Å². The Morgan fingerprint density at radius 1 is 1.40 bits per heavy atom. The molecule has 1 aromatic rings. The fourth-order valence-electron chi connectivity index (χ4n) is 2.36. The first-order chi connectivity index (χ1) is 9.49. The van der Waals surface area contributed by atoms with Gasteiger partial charge >= 0.3 is 0 Å². The maximum absolute atomic E-state index is 11.3. The predicted octanol–water partition coefficient (Wildman–Crippen LogP) is 0.844. The molecule has 0 amide bonds. The smallest absolute Gasteiger partial charge is 0.238 e. The molecule has 3 N–H and O–H groups in total. The average Bonchev–Trinajstić information content (AvgIpc) is 2.41. The molecule has 0 atom stereocenters. The highest BCUT2D eigenvalue weighted by atomic mass is 32.2. The zero-order valence-corrected chi connectivity index (χ0v) is 12.1. The van der Waals surface area contributed by atoms with Gasteiger partial charge in [-0.15, -0.1) is 6.42 Å². The molecule has 0 aromatic heterocycles. The zero-order valence-electron chi connectivity index (χ0n) is 11.2. The lowest BCUT2D eigenvalue weighted by molar-refractivity contribution is 0.243. The van der Waals surface area contributed by atoms with Crippen LogP contribution in [0.3, 0.4) is 0 Å².